The Morgan fingerprint density at radius 1 is 0.857 bits per heavy atom. The van der Waals surface area contributed by atoms with Crippen LogP contribution in [0.2, 0.25) is 0 Å². The van der Waals surface area contributed by atoms with E-state index in [0.29, 0.717) is 17.9 Å². The zero-order chi connectivity index (χ0) is 20.5. The Morgan fingerprint density at radius 2 is 1.39 bits per heavy atom. The molecule has 7 nitrogen and oxygen atoms in total. The molecule has 0 saturated carbocycles. The monoisotopic (exact) mass is 494 g/mol. The van der Waals surface area contributed by atoms with Gasteiger partial charge in [0.05, 0.1) is 18.8 Å². The smallest absolute Gasteiger partial charge is 0.238 e. The van der Waals surface area contributed by atoms with Gasteiger partial charge in [-0.25, -0.2) is 0 Å². The number of benzene rings is 2. The molecule has 2 aromatic rings. The molecular weight excluding hydrogens is 471 g/mol. The van der Waals surface area contributed by atoms with Crippen LogP contribution in [0, 0.1) is 3.57 Å². The lowest BCUT2D eigenvalue weighted by molar-refractivity contribution is -0.120. The van der Waals surface area contributed by atoms with Crippen molar-refractivity contribution in [3.05, 3.63) is 52.1 Å². The van der Waals surface area contributed by atoms with E-state index in [0.717, 1.165) is 9.26 Å². The minimum atomic E-state index is -0.212. The van der Waals surface area contributed by atoms with Gasteiger partial charge < -0.3 is 16.0 Å². The summed E-state index contributed by atoms with van der Waals surface area (Å²) < 4.78 is 0.956. The average molecular weight is 494 g/mol. The van der Waals surface area contributed by atoms with Crippen LogP contribution in [-0.2, 0) is 14.4 Å². The maximum absolute atomic E-state index is 12.3. The van der Waals surface area contributed by atoms with Crippen molar-refractivity contribution < 1.29 is 14.4 Å². The molecule has 0 spiro atoms. The molecule has 0 atom stereocenters. The Bertz CT molecular complexity index is 840. The van der Waals surface area contributed by atoms with Crippen molar-refractivity contribution in [2.75, 3.05) is 35.6 Å². The van der Waals surface area contributed by atoms with Gasteiger partial charge in [0.2, 0.25) is 17.7 Å². The van der Waals surface area contributed by atoms with Crippen molar-refractivity contribution in [2.24, 2.45) is 0 Å². The van der Waals surface area contributed by atoms with Crippen LogP contribution in [0.4, 0.5) is 17.1 Å². The number of para-hydroxylation sites is 1. The molecule has 0 fully saturated rings. The summed E-state index contributed by atoms with van der Waals surface area (Å²) in [4.78, 5) is 37.3. The topological polar surface area (TPSA) is 90.5 Å². The molecule has 2 aromatic carbocycles. The van der Waals surface area contributed by atoms with Crippen molar-refractivity contribution >= 4 is 57.4 Å². The Kier molecular flexibility index (Phi) is 8.40. The maximum atomic E-state index is 12.3. The second-order valence-electron chi connectivity index (χ2n) is 6.14. The molecule has 3 amide bonds. The van der Waals surface area contributed by atoms with E-state index in [2.05, 4.69) is 38.5 Å². The molecule has 28 heavy (non-hydrogen) atoms. The summed E-state index contributed by atoms with van der Waals surface area (Å²) in [5.41, 5.74) is 2.04. The van der Waals surface area contributed by atoms with E-state index in [1.165, 1.54) is 6.92 Å². The van der Waals surface area contributed by atoms with E-state index in [1.54, 1.807) is 29.2 Å². The van der Waals surface area contributed by atoms with E-state index in [1.807, 2.05) is 31.2 Å². The van der Waals surface area contributed by atoms with Gasteiger partial charge in [0.15, 0.2) is 0 Å². The Hall–Kier alpha value is -2.46. The second-order valence-corrected chi connectivity index (χ2v) is 7.30. The summed E-state index contributed by atoms with van der Waals surface area (Å²) in [6.45, 7) is 4.12. The normalized spacial score (nSPS) is 10.4. The number of hydrogen-bond donors (Lipinski definition) is 3. The second kappa shape index (κ2) is 10.8. The van der Waals surface area contributed by atoms with Gasteiger partial charge in [0.1, 0.15) is 0 Å². The van der Waals surface area contributed by atoms with Crippen molar-refractivity contribution in [1.29, 1.82) is 0 Å². The fourth-order valence-corrected chi connectivity index (χ4v) is 3.00. The highest BCUT2D eigenvalue weighted by molar-refractivity contribution is 14.1. The Morgan fingerprint density at radius 3 is 1.93 bits per heavy atom. The van der Waals surface area contributed by atoms with E-state index >= 15 is 0 Å². The first-order valence-corrected chi connectivity index (χ1v) is 9.89. The maximum Gasteiger partial charge on any atom is 0.238 e. The third kappa shape index (κ3) is 7.28. The van der Waals surface area contributed by atoms with Crippen LogP contribution in [0.15, 0.2) is 48.5 Å². The molecule has 0 unspecified atom stereocenters. The number of nitrogens with zero attached hydrogens (tertiary/aromatic N) is 1. The summed E-state index contributed by atoms with van der Waals surface area (Å²) in [7, 11) is 0. The first-order chi connectivity index (χ1) is 13.4. The Balaban J connectivity index is 1.86. The van der Waals surface area contributed by atoms with E-state index < -0.39 is 0 Å². The lowest BCUT2D eigenvalue weighted by Gasteiger charge is -2.19. The molecule has 0 aromatic heterocycles. The number of carbonyl (C=O) groups is 3. The molecule has 0 radical (unpaired) electrons. The number of hydrogen-bond acceptors (Lipinski definition) is 4. The molecule has 0 bridgehead atoms. The van der Waals surface area contributed by atoms with Gasteiger partial charge in [0, 0.05) is 21.9 Å². The van der Waals surface area contributed by atoms with E-state index in [4.69, 9.17) is 0 Å². The van der Waals surface area contributed by atoms with Crippen LogP contribution in [0.1, 0.15) is 13.8 Å². The predicted octanol–water partition coefficient (Wildman–Crippen LogP) is 3.15. The van der Waals surface area contributed by atoms with E-state index in [9.17, 15) is 14.4 Å². The minimum absolute atomic E-state index is 0.100. The molecule has 0 saturated heterocycles. The largest absolute Gasteiger partial charge is 0.326 e. The zero-order valence-electron chi connectivity index (χ0n) is 15.8. The highest BCUT2D eigenvalue weighted by Gasteiger charge is 2.14. The summed E-state index contributed by atoms with van der Waals surface area (Å²) in [6.07, 6.45) is 0. The van der Waals surface area contributed by atoms with Crippen LogP contribution < -0.4 is 16.0 Å². The fraction of sp³-hybridized carbons (Fsp3) is 0.250. The van der Waals surface area contributed by atoms with Crippen LogP contribution in [0.25, 0.3) is 0 Å². The molecule has 3 N–H and O–H groups in total. The van der Waals surface area contributed by atoms with Crippen molar-refractivity contribution in [3.8, 4) is 0 Å². The molecule has 2 rings (SSSR count). The molecule has 0 heterocycles. The van der Waals surface area contributed by atoms with Gasteiger partial charge in [-0.1, -0.05) is 19.1 Å². The SMILES string of the molecule is CCN(CC(=O)Nc1ccc(NC(C)=O)cc1)CC(=O)Nc1ccccc1I. The minimum Gasteiger partial charge on any atom is -0.326 e. The standard InChI is InChI=1S/C20H23IN4O3/c1-3-25(13-20(28)24-18-7-5-4-6-17(18)21)12-19(27)23-16-10-8-15(9-11-16)22-14(2)26/h4-11H,3,12-13H2,1-2H3,(H,22,26)(H,23,27)(H,24,28). The molecule has 0 aliphatic rings. The van der Waals surface area contributed by atoms with Gasteiger partial charge >= 0.3 is 0 Å². The quantitative estimate of drug-likeness (QED) is 0.492. The van der Waals surface area contributed by atoms with Crippen molar-refractivity contribution in [1.82, 2.24) is 4.90 Å². The number of nitrogens with one attached hydrogen (secondary N) is 3. The van der Waals surface area contributed by atoms with Gasteiger partial charge in [-0.2, -0.15) is 0 Å². The Labute approximate surface area is 178 Å². The van der Waals surface area contributed by atoms with Gasteiger partial charge in [0.25, 0.3) is 0 Å². The zero-order valence-corrected chi connectivity index (χ0v) is 17.9. The molecule has 0 aliphatic heterocycles. The summed E-state index contributed by atoms with van der Waals surface area (Å²) in [5.74, 6) is -0.534. The van der Waals surface area contributed by atoms with Crippen LogP contribution in [0.3, 0.4) is 0 Å². The lowest BCUT2D eigenvalue weighted by atomic mass is 10.2. The van der Waals surface area contributed by atoms with Gasteiger partial charge in [-0.15, -0.1) is 0 Å². The number of halogens is 1. The third-order valence-electron chi connectivity index (χ3n) is 3.82. The molecule has 0 aliphatic carbocycles. The molecule has 8 heteroatoms. The van der Waals surface area contributed by atoms with Crippen molar-refractivity contribution in [3.63, 3.8) is 0 Å². The number of carbonyl (C=O) groups excluding carboxylic acids is 3. The van der Waals surface area contributed by atoms with Gasteiger partial charge in [-0.05, 0) is 65.5 Å². The van der Waals surface area contributed by atoms with Crippen LogP contribution >= 0.6 is 22.6 Å². The van der Waals surface area contributed by atoms with E-state index in [-0.39, 0.29) is 30.8 Å². The number of rotatable bonds is 8. The first kappa shape index (κ1) is 21.8. The summed E-state index contributed by atoms with van der Waals surface area (Å²) >= 11 is 2.16. The molecule has 148 valence electrons. The first-order valence-electron chi connectivity index (χ1n) is 8.81. The number of amides is 3. The lowest BCUT2D eigenvalue weighted by Crippen LogP contribution is -2.38. The van der Waals surface area contributed by atoms with Crippen LogP contribution in [0.5, 0.6) is 0 Å². The van der Waals surface area contributed by atoms with Crippen LogP contribution in [-0.4, -0.2) is 42.3 Å². The highest BCUT2D eigenvalue weighted by atomic mass is 127. The fourth-order valence-electron chi connectivity index (χ4n) is 2.48. The third-order valence-corrected chi connectivity index (χ3v) is 4.76. The summed E-state index contributed by atoms with van der Waals surface area (Å²) in [6, 6.07) is 14.4. The average Bonchev–Trinajstić information content (AvgIpc) is 2.64. The molecular formula is C20H23IN4O3. The number of likely N-dealkylation sites (N-methyl/N-ethyl adjacent to an activating group) is 1. The van der Waals surface area contributed by atoms with Crippen molar-refractivity contribution in [2.45, 2.75) is 13.8 Å². The number of anilines is 3. The highest BCUT2D eigenvalue weighted by Crippen LogP contribution is 2.17. The van der Waals surface area contributed by atoms with Gasteiger partial charge in [-0.3, -0.25) is 19.3 Å². The predicted molar refractivity (Wildman–Crippen MR) is 119 cm³/mol. The summed E-state index contributed by atoms with van der Waals surface area (Å²) in [5, 5.41) is 8.33.